The van der Waals surface area contributed by atoms with Gasteiger partial charge in [0.25, 0.3) is 5.91 Å². The smallest absolute Gasteiger partial charge is 0.270 e. The number of carbonyl (C=O) groups is 1. The van der Waals surface area contributed by atoms with Crippen LogP contribution >= 0.6 is 0 Å². The van der Waals surface area contributed by atoms with Crippen molar-refractivity contribution in [2.24, 2.45) is 0 Å². The van der Waals surface area contributed by atoms with Crippen LogP contribution in [0.2, 0.25) is 0 Å². The second kappa shape index (κ2) is 6.61. The standard InChI is InChI=1S/C18H26N6O/c1-3-24-15(11-14(22-24)13-8-9-13)18(25)19-12(2)17-21-20-16-7-5-4-6-10-23(16)17/h11-13H,3-10H2,1-2H3,(H,19,25). The average Bonchev–Trinajstić information content (AvgIpc) is 3.31. The number of hydrogen-bond donors (Lipinski definition) is 1. The maximum Gasteiger partial charge on any atom is 0.270 e. The van der Waals surface area contributed by atoms with E-state index in [4.69, 9.17) is 0 Å². The highest BCUT2D eigenvalue weighted by molar-refractivity contribution is 5.93. The maximum absolute atomic E-state index is 12.8. The van der Waals surface area contributed by atoms with E-state index in [9.17, 15) is 4.79 Å². The third kappa shape index (κ3) is 3.19. The minimum atomic E-state index is -0.170. The van der Waals surface area contributed by atoms with E-state index in [2.05, 4.69) is 25.2 Å². The van der Waals surface area contributed by atoms with Gasteiger partial charge in [-0.3, -0.25) is 9.48 Å². The first kappa shape index (κ1) is 16.3. The summed E-state index contributed by atoms with van der Waals surface area (Å²) in [4.78, 5) is 12.8. The van der Waals surface area contributed by atoms with Gasteiger partial charge in [-0.05, 0) is 45.6 Å². The van der Waals surface area contributed by atoms with Crippen molar-refractivity contribution in [3.05, 3.63) is 29.1 Å². The van der Waals surface area contributed by atoms with Gasteiger partial charge in [-0.2, -0.15) is 5.10 Å². The molecule has 134 valence electrons. The number of fused-ring (bicyclic) bond motifs is 1. The molecule has 1 saturated carbocycles. The average molecular weight is 342 g/mol. The molecule has 0 saturated heterocycles. The summed E-state index contributed by atoms with van der Waals surface area (Å²) in [5.41, 5.74) is 1.70. The van der Waals surface area contributed by atoms with E-state index in [1.165, 1.54) is 25.7 Å². The molecule has 0 aromatic carbocycles. The lowest BCUT2D eigenvalue weighted by molar-refractivity contribution is 0.0926. The van der Waals surface area contributed by atoms with E-state index < -0.39 is 0 Å². The monoisotopic (exact) mass is 342 g/mol. The molecule has 2 aromatic rings. The minimum absolute atomic E-state index is 0.0836. The molecule has 2 aromatic heterocycles. The molecule has 1 unspecified atom stereocenters. The van der Waals surface area contributed by atoms with Crippen LogP contribution in [0.5, 0.6) is 0 Å². The lowest BCUT2D eigenvalue weighted by Gasteiger charge is -2.15. The maximum atomic E-state index is 12.8. The fourth-order valence-electron chi connectivity index (χ4n) is 3.60. The summed E-state index contributed by atoms with van der Waals surface area (Å²) in [6.07, 6.45) is 6.88. The van der Waals surface area contributed by atoms with Crippen LogP contribution in [-0.4, -0.2) is 30.5 Å². The zero-order valence-electron chi connectivity index (χ0n) is 15.0. The van der Waals surface area contributed by atoms with Crippen LogP contribution < -0.4 is 5.32 Å². The second-order valence-corrected chi connectivity index (χ2v) is 7.18. The quantitative estimate of drug-likeness (QED) is 0.906. The molecule has 7 nitrogen and oxygen atoms in total. The van der Waals surface area contributed by atoms with Gasteiger partial charge in [0, 0.05) is 25.4 Å². The topological polar surface area (TPSA) is 77.6 Å². The molecular weight excluding hydrogens is 316 g/mol. The van der Waals surface area contributed by atoms with Gasteiger partial charge in [0.15, 0.2) is 5.82 Å². The molecule has 0 bridgehead atoms. The van der Waals surface area contributed by atoms with E-state index in [1.807, 2.05) is 19.9 Å². The van der Waals surface area contributed by atoms with Crippen LogP contribution in [-0.2, 0) is 19.5 Å². The zero-order chi connectivity index (χ0) is 17.4. The van der Waals surface area contributed by atoms with Gasteiger partial charge >= 0.3 is 0 Å². The van der Waals surface area contributed by atoms with Gasteiger partial charge in [-0.25, -0.2) is 0 Å². The van der Waals surface area contributed by atoms with E-state index in [0.717, 1.165) is 36.7 Å². The number of nitrogens with one attached hydrogen (secondary N) is 1. The number of carbonyl (C=O) groups excluding carboxylic acids is 1. The Balaban J connectivity index is 1.52. The van der Waals surface area contributed by atoms with Crippen molar-refractivity contribution in [1.29, 1.82) is 0 Å². The molecule has 1 amide bonds. The predicted molar refractivity (Wildman–Crippen MR) is 93.3 cm³/mol. The summed E-state index contributed by atoms with van der Waals surface area (Å²) in [5.74, 6) is 2.36. The van der Waals surface area contributed by atoms with Gasteiger partial charge in [0.1, 0.15) is 11.5 Å². The summed E-state index contributed by atoms with van der Waals surface area (Å²) in [6.45, 7) is 5.64. The first-order valence-electron chi connectivity index (χ1n) is 9.48. The lowest BCUT2D eigenvalue weighted by atomic mass is 10.2. The third-order valence-corrected chi connectivity index (χ3v) is 5.20. The summed E-state index contributed by atoms with van der Waals surface area (Å²) in [6, 6.07) is 1.78. The van der Waals surface area contributed by atoms with Crippen molar-refractivity contribution in [3.8, 4) is 0 Å². The van der Waals surface area contributed by atoms with E-state index >= 15 is 0 Å². The highest BCUT2D eigenvalue weighted by atomic mass is 16.2. The number of aromatic nitrogens is 5. The van der Waals surface area contributed by atoms with Crippen LogP contribution in [0.15, 0.2) is 6.07 Å². The normalized spacial score (nSPS) is 18.5. The molecule has 1 atom stereocenters. The Morgan fingerprint density at radius 3 is 2.92 bits per heavy atom. The van der Waals surface area contributed by atoms with Crippen LogP contribution in [0.3, 0.4) is 0 Å². The highest BCUT2D eigenvalue weighted by Gasteiger charge is 2.29. The van der Waals surface area contributed by atoms with Crippen molar-refractivity contribution < 1.29 is 4.79 Å². The SMILES string of the molecule is CCn1nc(C2CC2)cc1C(=O)NC(C)c1nnc2n1CCCCC2. The zero-order valence-corrected chi connectivity index (χ0v) is 15.0. The molecule has 1 aliphatic heterocycles. The van der Waals surface area contributed by atoms with E-state index in [-0.39, 0.29) is 11.9 Å². The molecule has 0 spiro atoms. The number of rotatable bonds is 5. The van der Waals surface area contributed by atoms with Gasteiger partial charge in [0.05, 0.1) is 11.7 Å². The van der Waals surface area contributed by atoms with E-state index in [1.54, 1.807) is 4.68 Å². The third-order valence-electron chi connectivity index (χ3n) is 5.20. The van der Waals surface area contributed by atoms with Crippen LogP contribution in [0.4, 0.5) is 0 Å². The highest BCUT2D eigenvalue weighted by Crippen LogP contribution is 2.39. The Kier molecular flexibility index (Phi) is 4.31. The van der Waals surface area contributed by atoms with Crippen LogP contribution in [0.1, 0.15) is 85.7 Å². The lowest BCUT2D eigenvalue weighted by Crippen LogP contribution is -2.30. The first-order chi connectivity index (χ1) is 12.2. The van der Waals surface area contributed by atoms with E-state index in [0.29, 0.717) is 18.2 Å². The molecular formula is C18H26N6O. The molecule has 3 heterocycles. The van der Waals surface area contributed by atoms with Crippen molar-refractivity contribution in [2.45, 2.75) is 77.4 Å². The summed E-state index contributed by atoms with van der Waals surface area (Å²) >= 11 is 0. The molecule has 2 aliphatic rings. The number of amides is 1. The van der Waals surface area contributed by atoms with Crippen molar-refractivity contribution in [1.82, 2.24) is 29.9 Å². The van der Waals surface area contributed by atoms with Gasteiger partial charge in [0.2, 0.25) is 0 Å². The minimum Gasteiger partial charge on any atom is -0.341 e. The predicted octanol–water partition coefficient (Wildman–Crippen LogP) is 2.59. The Bertz CT molecular complexity index is 773. The fourth-order valence-corrected chi connectivity index (χ4v) is 3.60. The Labute approximate surface area is 147 Å². The Morgan fingerprint density at radius 1 is 1.32 bits per heavy atom. The first-order valence-corrected chi connectivity index (χ1v) is 9.48. The van der Waals surface area contributed by atoms with Gasteiger partial charge in [-0.1, -0.05) is 6.42 Å². The molecule has 0 radical (unpaired) electrons. The second-order valence-electron chi connectivity index (χ2n) is 7.18. The molecule has 1 N–H and O–H groups in total. The van der Waals surface area contributed by atoms with Crippen molar-refractivity contribution >= 4 is 5.91 Å². The Hall–Kier alpha value is -2.18. The summed E-state index contributed by atoms with van der Waals surface area (Å²) in [7, 11) is 0. The molecule has 7 heteroatoms. The molecule has 25 heavy (non-hydrogen) atoms. The number of aryl methyl sites for hydroxylation is 2. The van der Waals surface area contributed by atoms with Gasteiger partial charge in [-0.15, -0.1) is 10.2 Å². The Morgan fingerprint density at radius 2 is 2.16 bits per heavy atom. The summed E-state index contributed by atoms with van der Waals surface area (Å²) in [5, 5.41) is 16.4. The summed E-state index contributed by atoms with van der Waals surface area (Å²) < 4.78 is 3.99. The molecule has 4 rings (SSSR count). The van der Waals surface area contributed by atoms with Crippen molar-refractivity contribution in [2.75, 3.05) is 0 Å². The van der Waals surface area contributed by atoms with Crippen LogP contribution in [0.25, 0.3) is 0 Å². The number of hydrogen-bond acceptors (Lipinski definition) is 4. The largest absolute Gasteiger partial charge is 0.341 e. The van der Waals surface area contributed by atoms with Crippen LogP contribution in [0, 0.1) is 0 Å². The van der Waals surface area contributed by atoms with Crippen molar-refractivity contribution in [3.63, 3.8) is 0 Å². The van der Waals surface area contributed by atoms with Gasteiger partial charge < -0.3 is 9.88 Å². The fraction of sp³-hybridized carbons (Fsp3) is 0.667. The molecule has 1 aliphatic carbocycles. The number of nitrogens with zero attached hydrogens (tertiary/aromatic N) is 5. The molecule has 1 fully saturated rings.